The first-order chi connectivity index (χ1) is 17.0. The number of carbonyl (C=O) groups is 3. The minimum absolute atomic E-state index is 0.0403. The Kier molecular flexibility index (Phi) is 8.02. The molecule has 2 fully saturated rings. The molecule has 2 heterocycles. The van der Waals surface area contributed by atoms with Crippen molar-refractivity contribution in [3.63, 3.8) is 0 Å². The number of hydrogen-bond acceptors (Lipinski definition) is 4. The van der Waals surface area contributed by atoms with Gasteiger partial charge in [-0.25, -0.2) is 14.8 Å². The molecule has 0 spiro atoms. The van der Waals surface area contributed by atoms with Gasteiger partial charge in [0, 0.05) is 19.6 Å². The van der Waals surface area contributed by atoms with E-state index in [-0.39, 0.29) is 30.9 Å². The van der Waals surface area contributed by atoms with Gasteiger partial charge in [-0.2, -0.15) is 0 Å². The van der Waals surface area contributed by atoms with Gasteiger partial charge in [0.15, 0.2) is 0 Å². The van der Waals surface area contributed by atoms with Crippen molar-refractivity contribution in [3.8, 4) is 0 Å². The number of amides is 4. The maximum Gasteiger partial charge on any atom is 0.334 e. The highest BCUT2D eigenvalue weighted by molar-refractivity contribution is 5.91. The quantitative estimate of drug-likeness (QED) is 0.634. The van der Waals surface area contributed by atoms with Gasteiger partial charge in [0.25, 0.3) is 0 Å². The summed E-state index contributed by atoms with van der Waals surface area (Å²) in [5, 5.41) is 6.47. The van der Waals surface area contributed by atoms with Crippen LogP contribution in [-0.2, 0) is 22.7 Å². The predicted octanol–water partition coefficient (Wildman–Crippen LogP) is 3.20. The smallest absolute Gasteiger partial charge is 0.333 e. The van der Waals surface area contributed by atoms with Crippen molar-refractivity contribution < 1.29 is 14.4 Å². The molecule has 2 aromatic carbocycles. The van der Waals surface area contributed by atoms with Crippen molar-refractivity contribution in [1.29, 1.82) is 0 Å². The van der Waals surface area contributed by atoms with E-state index in [0.717, 1.165) is 24.0 Å². The fraction of sp³-hybridized carbons (Fsp3) is 0.444. The van der Waals surface area contributed by atoms with E-state index in [2.05, 4.69) is 12.2 Å². The van der Waals surface area contributed by atoms with Crippen molar-refractivity contribution in [2.75, 3.05) is 19.6 Å². The first-order valence-corrected chi connectivity index (χ1v) is 12.5. The molecular weight excluding hydrogens is 442 g/mol. The average Bonchev–Trinajstić information content (AvgIpc) is 2.88. The van der Waals surface area contributed by atoms with E-state index in [0.29, 0.717) is 26.1 Å². The van der Waals surface area contributed by atoms with Crippen LogP contribution in [0, 0.1) is 0 Å². The second-order valence-electron chi connectivity index (χ2n) is 9.11. The lowest BCUT2D eigenvalue weighted by Crippen LogP contribution is -2.76. The second kappa shape index (κ2) is 11.4. The average molecular weight is 478 g/mol. The molecule has 4 rings (SSSR count). The van der Waals surface area contributed by atoms with E-state index >= 15 is 0 Å². The lowest BCUT2D eigenvalue weighted by Gasteiger charge is -2.55. The van der Waals surface area contributed by atoms with Gasteiger partial charge >= 0.3 is 6.03 Å². The van der Waals surface area contributed by atoms with E-state index in [1.54, 1.807) is 19.8 Å². The normalized spacial score (nSPS) is 20.7. The van der Waals surface area contributed by atoms with Gasteiger partial charge in [-0.3, -0.25) is 9.59 Å². The maximum atomic E-state index is 13.6. The third-order valence-corrected chi connectivity index (χ3v) is 6.74. The molecule has 0 unspecified atom stereocenters. The van der Waals surface area contributed by atoms with Gasteiger partial charge in [0.1, 0.15) is 12.2 Å². The second-order valence-corrected chi connectivity index (χ2v) is 9.11. The molecule has 186 valence electrons. The summed E-state index contributed by atoms with van der Waals surface area (Å²) in [4.78, 5) is 43.8. The fourth-order valence-electron chi connectivity index (χ4n) is 4.94. The number of likely N-dealkylation sites (N-methyl/N-ethyl adjacent to an activating group) is 1. The molecule has 8 heteroatoms. The molecule has 4 amide bonds. The van der Waals surface area contributed by atoms with Crippen LogP contribution in [0.25, 0.3) is 0 Å². The molecule has 2 aromatic rings. The Morgan fingerprint density at radius 1 is 0.971 bits per heavy atom. The van der Waals surface area contributed by atoms with Gasteiger partial charge in [0.05, 0.1) is 13.1 Å². The maximum absolute atomic E-state index is 13.6. The highest BCUT2D eigenvalue weighted by Gasteiger charge is 2.50. The van der Waals surface area contributed by atoms with Gasteiger partial charge in [0.2, 0.25) is 11.8 Å². The molecule has 0 bridgehead atoms. The molecule has 0 saturated carbocycles. The standard InChI is InChI=1S/C27H35N5O3/c1-3-5-16-23-26(34)29(18-22-14-10-7-11-15-22)19-24-31(23)25(33)20-30(4-2)32(24)27(35)28-17-21-12-8-6-9-13-21/h6-15,23-24H,3-5,16-20H2,1-2H3,(H,28,35)/t23-,24-/m0/s1. The Morgan fingerprint density at radius 2 is 1.63 bits per heavy atom. The minimum Gasteiger partial charge on any atom is -0.333 e. The Hall–Kier alpha value is -3.39. The number of fused-ring (bicyclic) bond motifs is 1. The van der Waals surface area contributed by atoms with Gasteiger partial charge in [-0.1, -0.05) is 87.4 Å². The van der Waals surface area contributed by atoms with Crippen LogP contribution in [0.4, 0.5) is 4.79 Å². The molecule has 0 aliphatic carbocycles. The molecule has 35 heavy (non-hydrogen) atoms. The number of urea groups is 1. The molecule has 2 atom stereocenters. The van der Waals surface area contributed by atoms with Crippen LogP contribution in [0.1, 0.15) is 44.2 Å². The number of rotatable bonds is 8. The first-order valence-electron chi connectivity index (χ1n) is 12.5. The minimum atomic E-state index is -0.562. The third kappa shape index (κ3) is 5.48. The first kappa shape index (κ1) is 24.7. The molecule has 2 saturated heterocycles. The highest BCUT2D eigenvalue weighted by atomic mass is 16.2. The van der Waals surface area contributed by atoms with Crippen molar-refractivity contribution in [1.82, 2.24) is 25.1 Å². The summed E-state index contributed by atoms with van der Waals surface area (Å²) in [5.41, 5.74) is 2.03. The summed E-state index contributed by atoms with van der Waals surface area (Å²) in [7, 11) is 0. The van der Waals surface area contributed by atoms with Crippen LogP contribution in [0.3, 0.4) is 0 Å². The van der Waals surface area contributed by atoms with Gasteiger partial charge in [-0.15, -0.1) is 0 Å². The number of hydrazine groups is 1. The number of carbonyl (C=O) groups excluding carboxylic acids is 3. The fourth-order valence-corrected chi connectivity index (χ4v) is 4.94. The van der Waals surface area contributed by atoms with Crippen LogP contribution < -0.4 is 5.32 Å². The predicted molar refractivity (Wildman–Crippen MR) is 134 cm³/mol. The zero-order chi connectivity index (χ0) is 24.8. The van der Waals surface area contributed by atoms with Crippen LogP contribution >= 0.6 is 0 Å². The number of nitrogens with one attached hydrogen (secondary N) is 1. The molecule has 2 aliphatic heterocycles. The topological polar surface area (TPSA) is 76.2 Å². The summed E-state index contributed by atoms with van der Waals surface area (Å²) in [5.74, 6) is -0.140. The number of unbranched alkanes of at least 4 members (excludes halogenated alkanes) is 1. The molecule has 2 aliphatic rings. The number of hydrogen-bond donors (Lipinski definition) is 1. The Labute approximate surface area is 207 Å². The van der Waals surface area contributed by atoms with E-state index in [1.165, 1.54) is 0 Å². The number of nitrogens with zero attached hydrogens (tertiary/aromatic N) is 4. The van der Waals surface area contributed by atoms with E-state index in [9.17, 15) is 14.4 Å². The monoisotopic (exact) mass is 477 g/mol. The zero-order valence-corrected chi connectivity index (χ0v) is 20.6. The summed E-state index contributed by atoms with van der Waals surface area (Å²) in [6.07, 6.45) is 1.81. The third-order valence-electron chi connectivity index (χ3n) is 6.74. The summed E-state index contributed by atoms with van der Waals surface area (Å²) in [6, 6.07) is 18.8. The number of piperazine rings is 1. The number of benzene rings is 2. The van der Waals surface area contributed by atoms with Crippen molar-refractivity contribution in [2.24, 2.45) is 0 Å². The summed E-state index contributed by atoms with van der Waals surface area (Å²) in [6.45, 7) is 5.73. The molecular formula is C27H35N5O3. The van der Waals surface area contributed by atoms with Crippen molar-refractivity contribution in [2.45, 2.75) is 58.4 Å². The lowest BCUT2D eigenvalue weighted by atomic mass is 10.0. The largest absolute Gasteiger partial charge is 0.334 e. The zero-order valence-electron chi connectivity index (χ0n) is 20.6. The molecule has 0 aromatic heterocycles. The summed E-state index contributed by atoms with van der Waals surface area (Å²) >= 11 is 0. The van der Waals surface area contributed by atoms with Gasteiger partial charge < -0.3 is 15.1 Å². The van der Waals surface area contributed by atoms with Crippen LogP contribution in [0.5, 0.6) is 0 Å². The Balaban J connectivity index is 1.62. The van der Waals surface area contributed by atoms with Crippen LogP contribution in [0.2, 0.25) is 0 Å². The van der Waals surface area contributed by atoms with Crippen LogP contribution in [-0.4, -0.2) is 69.5 Å². The molecule has 1 N–H and O–H groups in total. The Bertz CT molecular complexity index is 1020. The van der Waals surface area contributed by atoms with E-state index < -0.39 is 12.2 Å². The van der Waals surface area contributed by atoms with Gasteiger partial charge in [-0.05, 0) is 17.5 Å². The van der Waals surface area contributed by atoms with E-state index in [4.69, 9.17) is 0 Å². The van der Waals surface area contributed by atoms with Crippen LogP contribution in [0.15, 0.2) is 60.7 Å². The van der Waals surface area contributed by atoms with Crippen molar-refractivity contribution >= 4 is 17.8 Å². The van der Waals surface area contributed by atoms with Crippen molar-refractivity contribution in [3.05, 3.63) is 71.8 Å². The highest BCUT2D eigenvalue weighted by Crippen LogP contribution is 2.29. The summed E-state index contributed by atoms with van der Waals surface area (Å²) < 4.78 is 0. The molecule has 0 radical (unpaired) electrons. The van der Waals surface area contributed by atoms with E-state index in [1.807, 2.05) is 67.6 Å². The molecule has 8 nitrogen and oxygen atoms in total. The SMILES string of the molecule is CCCC[C@H]1C(=O)N(Cc2ccccc2)C[C@H]2N1C(=O)CN(CC)N2C(=O)NCc1ccccc1. The Morgan fingerprint density at radius 3 is 2.26 bits per heavy atom. The lowest BCUT2D eigenvalue weighted by molar-refractivity contribution is -0.190.